The maximum Gasteiger partial charge on any atom is 0.181 e. The highest BCUT2D eigenvalue weighted by Crippen LogP contribution is 2.58. The average Bonchev–Trinajstić information content (AvgIpc) is 2.54. The molecule has 0 amide bonds. The van der Waals surface area contributed by atoms with Crippen LogP contribution in [-0.4, -0.2) is 16.4 Å². The first-order valence-electron chi connectivity index (χ1n) is 5.93. The van der Waals surface area contributed by atoms with Gasteiger partial charge in [-0.25, -0.2) is 4.67 Å². The minimum atomic E-state index is -2.36. The van der Waals surface area contributed by atoms with Crippen LogP contribution in [0.4, 0.5) is 0 Å². The summed E-state index contributed by atoms with van der Waals surface area (Å²) in [4.78, 5) is 0. The molecule has 0 saturated heterocycles. The molecule has 0 bridgehead atoms. The Balaban J connectivity index is 2.57. The van der Waals surface area contributed by atoms with Crippen LogP contribution in [0.15, 0.2) is 24.3 Å². The van der Waals surface area contributed by atoms with Crippen LogP contribution < -0.4 is 5.30 Å². The minimum absolute atomic E-state index is 0.193. The van der Waals surface area contributed by atoms with Crippen molar-refractivity contribution in [2.45, 2.75) is 45.9 Å². The van der Waals surface area contributed by atoms with Gasteiger partial charge in [-0.3, -0.25) is 0 Å². The van der Waals surface area contributed by atoms with E-state index in [2.05, 4.69) is 38.4 Å². The Bertz CT molecular complexity index is 439. The highest BCUT2D eigenvalue weighted by Gasteiger charge is 2.43. The Hall–Kier alpha value is -0.590. The lowest BCUT2D eigenvalue weighted by Gasteiger charge is -2.31. The molecule has 0 saturated carbocycles. The van der Waals surface area contributed by atoms with Crippen LogP contribution in [0, 0.1) is 0 Å². The first-order valence-corrected chi connectivity index (χ1v) is 7.66. The van der Waals surface area contributed by atoms with E-state index in [1.165, 1.54) is 5.56 Å². The molecule has 3 heteroatoms. The summed E-state index contributed by atoms with van der Waals surface area (Å²) in [6, 6.07) is 8.51. The van der Waals surface area contributed by atoms with Gasteiger partial charge in [-0.2, -0.15) is 0 Å². The lowest BCUT2D eigenvalue weighted by Crippen LogP contribution is -2.28. The Morgan fingerprint density at radius 1 is 1.19 bits per heavy atom. The van der Waals surface area contributed by atoms with Crippen molar-refractivity contribution in [1.82, 2.24) is 4.67 Å². The number of hydrogen-bond donors (Lipinski definition) is 0. The van der Waals surface area contributed by atoms with E-state index in [0.717, 1.165) is 11.8 Å². The van der Waals surface area contributed by atoms with Crippen molar-refractivity contribution in [3.63, 3.8) is 0 Å². The molecule has 0 spiro atoms. The molecule has 0 fully saturated rings. The number of benzene rings is 1. The highest BCUT2D eigenvalue weighted by molar-refractivity contribution is 7.70. The van der Waals surface area contributed by atoms with Crippen LogP contribution in [0.2, 0.25) is 0 Å². The summed E-state index contributed by atoms with van der Waals surface area (Å²) in [5, 5.41) is 1.08. The van der Waals surface area contributed by atoms with E-state index in [1.807, 2.05) is 18.2 Å². The second kappa shape index (κ2) is 4.01. The molecule has 2 rings (SSSR count). The summed E-state index contributed by atoms with van der Waals surface area (Å²) in [6.45, 7) is 9.22. The summed E-state index contributed by atoms with van der Waals surface area (Å²) < 4.78 is 15.4. The smallest absolute Gasteiger partial charge is 0.181 e. The third-order valence-electron chi connectivity index (χ3n) is 3.35. The summed E-state index contributed by atoms with van der Waals surface area (Å²) in [7, 11) is -2.36. The molecule has 0 radical (unpaired) electrons. The van der Waals surface area contributed by atoms with Crippen LogP contribution in [0.3, 0.4) is 0 Å². The van der Waals surface area contributed by atoms with Gasteiger partial charge in [-0.15, -0.1) is 0 Å². The van der Waals surface area contributed by atoms with Gasteiger partial charge in [0.2, 0.25) is 0 Å². The second-order valence-electron chi connectivity index (χ2n) is 5.04. The summed E-state index contributed by atoms with van der Waals surface area (Å²) in [5.41, 5.74) is 1.44. The normalized spacial score (nSPS) is 25.4. The van der Waals surface area contributed by atoms with Crippen molar-refractivity contribution in [1.29, 1.82) is 0 Å². The third-order valence-corrected chi connectivity index (χ3v) is 7.24. The Labute approximate surface area is 98.1 Å². The molecule has 1 aliphatic rings. The molecule has 1 aromatic carbocycles. The van der Waals surface area contributed by atoms with Crippen LogP contribution in [0.5, 0.6) is 0 Å². The van der Waals surface area contributed by atoms with Crippen LogP contribution in [0.25, 0.3) is 0 Å². The first-order chi connectivity index (χ1) is 7.48. The lowest BCUT2D eigenvalue weighted by molar-refractivity contribution is 0.357. The molecule has 1 aromatic rings. The van der Waals surface area contributed by atoms with Gasteiger partial charge in [-0.05, 0) is 25.5 Å². The molecular weight excluding hydrogens is 217 g/mol. The van der Waals surface area contributed by atoms with Crippen molar-refractivity contribution in [2.75, 3.05) is 0 Å². The quantitative estimate of drug-likeness (QED) is 0.736. The van der Waals surface area contributed by atoms with Gasteiger partial charge >= 0.3 is 0 Å². The van der Waals surface area contributed by atoms with Crippen molar-refractivity contribution in [3.05, 3.63) is 29.8 Å². The lowest BCUT2D eigenvalue weighted by atomic mass is 10.2. The molecular formula is C13H20NOP. The summed E-state index contributed by atoms with van der Waals surface area (Å²) in [6.07, 6.45) is 0. The maximum absolute atomic E-state index is 13.2. The Morgan fingerprint density at radius 2 is 1.81 bits per heavy atom. The standard InChI is InChI=1S/C13H20NOP/c1-10(2)14-9-12-7-5-6-8-13(12)16(14,15)11(3)4/h5-8,10-11H,9H2,1-4H3. The van der Waals surface area contributed by atoms with Gasteiger partial charge in [0.05, 0.1) is 0 Å². The topological polar surface area (TPSA) is 20.3 Å². The molecule has 88 valence electrons. The molecule has 2 nitrogen and oxygen atoms in total. The van der Waals surface area contributed by atoms with E-state index in [1.54, 1.807) is 0 Å². The van der Waals surface area contributed by atoms with Crippen molar-refractivity contribution < 1.29 is 4.57 Å². The molecule has 0 N–H and O–H groups in total. The SMILES string of the molecule is CC(C)N1Cc2ccccc2P1(=O)C(C)C. The summed E-state index contributed by atoms with van der Waals surface area (Å²) in [5.74, 6) is 0. The van der Waals surface area contributed by atoms with E-state index < -0.39 is 7.29 Å². The van der Waals surface area contributed by atoms with Gasteiger partial charge in [0.1, 0.15) is 0 Å². The summed E-state index contributed by atoms with van der Waals surface area (Å²) >= 11 is 0. The van der Waals surface area contributed by atoms with E-state index in [9.17, 15) is 4.57 Å². The predicted octanol–water partition coefficient (Wildman–Crippen LogP) is 3.22. The first kappa shape index (κ1) is 11.9. The molecule has 1 unspecified atom stereocenters. The van der Waals surface area contributed by atoms with Crippen LogP contribution in [-0.2, 0) is 11.1 Å². The predicted molar refractivity (Wildman–Crippen MR) is 69.5 cm³/mol. The number of rotatable bonds is 2. The number of hydrogen-bond acceptors (Lipinski definition) is 1. The fraction of sp³-hybridized carbons (Fsp3) is 0.538. The van der Waals surface area contributed by atoms with Crippen molar-refractivity contribution >= 4 is 12.6 Å². The average molecular weight is 237 g/mol. The van der Waals surface area contributed by atoms with Gasteiger partial charge < -0.3 is 4.57 Å². The van der Waals surface area contributed by atoms with Gasteiger partial charge in [0.15, 0.2) is 7.29 Å². The third kappa shape index (κ3) is 1.56. The molecule has 16 heavy (non-hydrogen) atoms. The number of fused-ring (bicyclic) bond motifs is 1. The molecule has 1 atom stereocenters. The zero-order valence-corrected chi connectivity index (χ0v) is 11.4. The van der Waals surface area contributed by atoms with Gasteiger partial charge in [0, 0.05) is 23.6 Å². The zero-order chi connectivity index (χ0) is 11.9. The van der Waals surface area contributed by atoms with Crippen LogP contribution in [0.1, 0.15) is 33.3 Å². The van der Waals surface area contributed by atoms with E-state index in [-0.39, 0.29) is 5.66 Å². The van der Waals surface area contributed by atoms with Crippen molar-refractivity contribution in [2.24, 2.45) is 0 Å². The monoisotopic (exact) mass is 237 g/mol. The number of nitrogens with zero attached hydrogens (tertiary/aromatic N) is 1. The molecule has 0 aliphatic carbocycles. The maximum atomic E-state index is 13.2. The van der Waals surface area contributed by atoms with Gasteiger partial charge in [0.25, 0.3) is 0 Å². The van der Waals surface area contributed by atoms with Gasteiger partial charge in [-0.1, -0.05) is 32.0 Å². The fourth-order valence-electron chi connectivity index (χ4n) is 2.48. The fourth-order valence-corrected chi connectivity index (χ4v) is 5.81. The highest BCUT2D eigenvalue weighted by atomic mass is 31.2. The zero-order valence-electron chi connectivity index (χ0n) is 10.5. The Kier molecular flexibility index (Phi) is 2.98. The molecule has 1 heterocycles. The molecule has 1 aliphatic heterocycles. The largest absolute Gasteiger partial charge is 0.301 e. The van der Waals surface area contributed by atoms with Crippen molar-refractivity contribution in [3.8, 4) is 0 Å². The minimum Gasteiger partial charge on any atom is -0.301 e. The van der Waals surface area contributed by atoms with E-state index >= 15 is 0 Å². The Morgan fingerprint density at radius 3 is 2.38 bits per heavy atom. The van der Waals surface area contributed by atoms with Crippen LogP contribution >= 0.6 is 7.29 Å². The molecule has 0 aromatic heterocycles. The van der Waals surface area contributed by atoms with E-state index in [0.29, 0.717) is 6.04 Å². The van der Waals surface area contributed by atoms with E-state index in [4.69, 9.17) is 0 Å². The second-order valence-corrected chi connectivity index (χ2v) is 8.31.